The predicted octanol–water partition coefficient (Wildman–Crippen LogP) is 3.00. The average Bonchev–Trinajstić information content (AvgIpc) is 2.82. The molecule has 0 aliphatic rings. The number of hydrogen-bond acceptors (Lipinski definition) is 5. The first-order valence-electron chi connectivity index (χ1n) is 10.7. The molecule has 0 bridgehead atoms. The number of aromatic nitrogens is 2. The van der Waals surface area contributed by atoms with Crippen LogP contribution in [-0.4, -0.2) is 29.9 Å². The standard InChI is InChI=1S/C25H24N4O4S/c1-17(2)28-34(32,33)21-7-5-6-18(14-21)15-26-24(30)19-10-12-20(13-11-19)29-16-27-23-9-4-3-8-22(23)25(29)31/h3-14,16-17,28H,15H2,1-2H3,(H,26,30). The zero-order valence-corrected chi connectivity index (χ0v) is 19.5. The van der Waals surface area contributed by atoms with E-state index in [1.54, 1.807) is 68.4 Å². The summed E-state index contributed by atoms with van der Waals surface area (Å²) in [6, 6.07) is 19.9. The Morgan fingerprint density at radius 1 is 1.00 bits per heavy atom. The van der Waals surface area contributed by atoms with Gasteiger partial charge in [-0.2, -0.15) is 0 Å². The molecule has 0 aliphatic heterocycles. The molecule has 34 heavy (non-hydrogen) atoms. The number of fused-ring (bicyclic) bond motifs is 1. The van der Waals surface area contributed by atoms with E-state index < -0.39 is 10.0 Å². The normalized spacial score (nSPS) is 11.6. The Morgan fingerprint density at radius 2 is 1.74 bits per heavy atom. The maximum absolute atomic E-state index is 12.8. The van der Waals surface area contributed by atoms with Crippen molar-refractivity contribution in [2.75, 3.05) is 0 Å². The van der Waals surface area contributed by atoms with Crippen molar-refractivity contribution in [1.29, 1.82) is 0 Å². The van der Waals surface area contributed by atoms with Gasteiger partial charge in [-0.3, -0.25) is 14.2 Å². The summed E-state index contributed by atoms with van der Waals surface area (Å²) in [5, 5.41) is 3.31. The molecule has 3 aromatic carbocycles. The van der Waals surface area contributed by atoms with E-state index in [2.05, 4.69) is 15.0 Å². The minimum Gasteiger partial charge on any atom is -0.348 e. The Balaban J connectivity index is 1.47. The third kappa shape index (κ3) is 5.05. The molecule has 0 radical (unpaired) electrons. The number of rotatable bonds is 7. The van der Waals surface area contributed by atoms with Crippen molar-refractivity contribution in [2.45, 2.75) is 31.3 Å². The highest BCUT2D eigenvalue weighted by atomic mass is 32.2. The molecule has 1 amide bonds. The molecule has 174 valence electrons. The van der Waals surface area contributed by atoms with Crippen LogP contribution < -0.4 is 15.6 Å². The Morgan fingerprint density at radius 3 is 2.47 bits per heavy atom. The number of nitrogens with zero attached hydrogens (tertiary/aromatic N) is 2. The predicted molar refractivity (Wildman–Crippen MR) is 130 cm³/mol. The van der Waals surface area contributed by atoms with Gasteiger partial charge in [0.15, 0.2) is 0 Å². The number of benzene rings is 3. The van der Waals surface area contributed by atoms with Gasteiger partial charge in [0.25, 0.3) is 11.5 Å². The van der Waals surface area contributed by atoms with Crippen molar-refractivity contribution in [3.8, 4) is 5.69 Å². The molecule has 1 aromatic heterocycles. The van der Waals surface area contributed by atoms with E-state index >= 15 is 0 Å². The fourth-order valence-corrected chi connectivity index (χ4v) is 4.83. The smallest absolute Gasteiger partial charge is 0.265 e. The van der Waals surface area contributed by atoms with Gasteiger partial charge in [-0.1, -0.05) is 24.3 Å². The molecule has 0 saturated heterocycles. The van der Waals surface area contributed by atoms with Gasteiger partial charge in [0.2, 0.25) is 10.0 Å². The number of hydrogen-bond donors (Lipinski definition) is 2. The number of carbonyl (C=O) groups excluding carboxylic acids is 1. The third-order valence-corrected chi connectivity index (χ3v) is 6.78. The highest BCUT2D eigenvalue weighted by Crippen LogP contribution is 2.14. The van der Waals surface area contributed by atoms with Crippen molar-refractivity contribution < 1.29 is 13.2 Å². The monoisotopic (exact) mass is 476 g/mol. The first-order chi connectivity index (χ1) is 16.2. The molecule has 0 spiro atoms. The van der Waals surface area contributed by atoms with Gasteiger partial charge in [-0.15, -0.1) is 0 Å². The highest BCUT2D eigenvalue weighted by molar-refractivity contribution is 7.89. The summed E-state index contributed by atoms with van der Waals surface area (Å²) in [5.74, 6) is -0.316. The molecular weight excluding hydrogens is 452 g/mol. The van der Waals surface area contributed by atoms with E-state index in [4.69, 9.17) is 0 Å². The molecule has 0 unspecified atom stereocenters. The van der Waals surface area contributed by atoms with Crippen LogP contribution in [0.25, 0.3) is 16.6 Å². The summed E-state index contributed by atoms with van der Waals surface area (Å²) < 4.78 is 28.7. The van der Waals surface area contributed by atoms with Crippen LogP contribution in [0.4, 0.5) is 0 Å². The summed E-state index contributed by atoms with van der Waals surface area (Å²) >= 11 is 0. The maximum atomic E-state index is 12.8. The van der Waals surface area contributed by atoms with Gasteiger partial charge in [0.1, 0.15) is 6.33 Å². The molecule has 4 rings (SSSR count). The van der Waals surface area contributed by atoms with Crippen molar-refractivity contribution >= 4 is 26.8 Å². The van der Waals surface area contributed by atoms with Crippen molar-refractivity contribution in [3.63, 3.8) is 0 Å². The van der Waals surface area contributed by atoms with Crippen LogP contribution >= 0.6 is 0 Å². The van der Waals surface area contributed by atoms with E-state index in [-0.39, 0.29) is 28.9 Å². The second-order valence-corrected chi connectivity index (χ2v) is 9.80. The summed E-state index contributed by atoms with van der Waals surface area (Å²) in [6.45, 7) is 3.67. The van der Waals surface area contributed by atoms with E-state index in [0.29, 0.717) is 27.7 Å². The first-order valence-corrected chi connectivity index (χ1v) is 12.2. The number of nitrogens with one attached hydrogen (secondary N) is 2. The Labute approximate surface area is 197 Å². The third-order valence-electron chi connectivity index (χ3n) is 5.13. The summed E-state index contributed by atoms with van der Waals surface area (Å²) in [4.78, 5) is 29.8. The van der Waals surface area contributed by atoms with Crippen LogP contribution in [-0.2, 0) is 16.6 Å². The zero-order valence-electron chi connectivity index (χ0n) is 18.7. The van der Waals surface area contributed by atoms with Crippen LogP contribution in [0.15, 0.2) is 88.8 Å². The molecule has 0 fully saturated rings. The number of para-hydroxylation sites is 1. The number of amides is 1. The van der Waals surface area contributed by atoms with Crippen molar-refractivity contribution in [3.05, 3.63) is 101 Å². The second kappa shape index (κ2) is 9.58. The lowest BCUT2D eigenvalue weighted by molar-refractivity contribution is 0.0951. The van der Waals surface area contributed by atoms with Gasteiger partial charge in [-0.05, 0) is 67.9 Å². The Bertz CT molecular complexity index is 1510. The summed E-state index contributed by atoms with van der Waals surface area (Å²) in [5.41, 5.74) is 2.10. The summed E-state index contributed by atoms with van der Waals surface area (Å²) in [6.07, 6.45) is 1.47. The van der Waals surface area contributed by atoms with E-state index in [1.165, 1.54) is 23.0 Å². The van der Waals surface area contributed by atoms with Crippen LogP contribution in [0.1, 0.15) is 29.8 Å². The van der Waals surface area contributed by atoms with Crippen molar-refractivity contribution in [2.24, 2.45) is 0 Å². The minimum atomic E-state index is -3.62. The molecule has 0 atom stereocenters. The molecule has 9 heteroatoms. The van der Waals surface area contributed by atoms with Crippen molar-refractivity contribution in [1.82, 2.24) is 19.6 Å². The van der Waals surface area contributed by atoms with Crippen LogP contribution in [0.3, 0.4) is 0 Å². The largest absolute Gasteiger partial charge is 0.348 e. The van der Waals surface area contributed by atoms with Gasteiger partial charge in [0, 0.05) is 18.2 Å². The Hall–Kier alpha value is -3.82. The van der Waals surface area contributed by atoms with E-state index in [1.807, 2.05) is 6.07 Å². The van der Waals surface area contributed by atoms with Gasteiger partial charge in [0.05, 0.1) is 21.5 Å². The topological polar surface area (TPSA) is 110 Å². The fourth-order valence-electron chi connectivity index (χ4n) is 3.51. The molecule has 4 aromatic rings. The maximum Gasteiger partial charge on any atom is 0.265 e. The highest BCUT2D eigenvalue weighted by Gasteiger charge is 2.16. The lowest BCUT2D eigenvalue weighted by Crippen LogP contribution is -2.30. The second-order valence-electron chi connectivity index (χ2n) is 8.09. The van der Waals surface area contributed by atoms with Gasteiger partial charge < -0.3 is 5.32 Å². The molecule has 2 N–H and O–H groups in total. The zero-order chi connectivity index (χ0) is 24.3. The minimum absolute atomic E-state index is 0.145. The van der Waals surface area contributed by atoms with Gasteiger partial charge in [-0.25, -0.2) is 18.1 Å². The molecule has 0 saturated carbocycles. The van der Waals surface area contributed by atoms with Crippen LogP contribution in [0, 0.1) is 0 Å². The quantitative estimate of drug-likeness (QED) is 0.426. The van der Waals surface area contributed by atoms with Crippen LogP contribution in [0.5, 0.6) is 0 Å². The van der Waals surface area contributed by atoms with Gasteiger partial charge >= 0.3 is 0 Å². The SMILES string of the molecule is CC(C)NS(=O)(=O)c1cccc(CNC(=O)c2ccc(-n3cnc4ccccc4c3=O)cc2)c1. The number of sulfonamides is 1. The fraction of sp³-hybridized carbons (Fsp3) is 0.160. The lowest BCUT2D eigenvalue weighted by atomic mass is 10.1. The summed E-state index contributed by atoms with van der Waals surface area (Å²) in [7, 11) is -3.62. The first kappa shape index (κ1) is 23.3. The van der Waals surface area contributed by atoms with Crippen LogP contribution in [0.2, 0.25) is 0 Å². The molecule has 1 heterocycles. The molecule has 8 nitrogen and oxygen atoms in total. The average molecular weight is 477 g/mol. The molecular formula is C25H24N4O4S. The molecule has 0 aliphatic carbocycles. The number of carbonyl (C=O) groups is 1. The Kier molecular flexibility index (Phi) is 6.58. The van der Waals surface area contributed by atoms with E-state index in [0.717, 1.165) is 0 Å². The van der Waals surface area contributed by atoms with E-state index in [9.17, 15) is 18.0 Å². The lowest BCUT2D eigenvalue weighted by Gasteiger charge is -2.11.